The third kappa shape index (κ3) is 4.00. The predicted molar refractivity (Wildman–Crippen MR) is 77.7 cm³/mol. The second-order valence-electron chi connectivity index (χ2n) is 4.62. The molecular weight excluding hydrogens is 287 g/mol. The maximum Gasteiger partial charge on any atom is 0.250 e. The molecule has 1 aliphatic carbocycles. The zero-order valence-electron chi connectivity index (χ0n) is 10.4. The van der Waals surface area contributed by atoms with Crippen LogP contribution in [0.2, 0.25) is 10.0 Å². The Morgan fingerprint density at radius 2 is 2.05 bits per heavy atom. The Morgan fingerprint density at radius 1 is 1.37 bits per heavy atom. The van der Waals surface area contributed by atoms with Crippen molar-refractivity contribution in [2.75, 3.05) is 17.7 Å². The Balaban J connectivity index is 1.91. The van der Waals surface area contributed by atoms with Crippen LogP contribution in [-0.2, 0) is 9.53 Å². The zero-order chi connectivity index (χ0) is 13.8. The van der Waals surface area contributed by atoms with Gasteiger partial charge >= 0.3 is 0 Å². The number of nitrogens with one attached hydrogen (secondary N) is 1. The number of carbonyl (C=O) groups excluding carboxylic acids is 1. The van der Waals surface area contributed by atoms with Gasteiger partial charge in [-0.25, -0.2) is 0 Å². The first-order chi connectivity index (χ1) is 9.06. The van der Waals surface area contributed by atoms with Crippen molar-refractivity contribution in [2.24, 2.45) is 0 Å². The predicted octanol–water partition coefficient (Wildman–Crippen LogP) is 3.47. The molecule has 0 unspecified atom stereocenters. The first-order valence-electron chi connectivity index (χ1n) is 6.22. The molecule has 1 aromatic rings. The molecule has 1 amide bonds. The van der Waals surface area contributed by atoms with Crippen LogP contribution in [0.25, 0.3) is 0 Å². The molecule has 0 aromatic heterocycles. The van der Waals surface area contributed by atoms with Gasteiger partial charge in [-0.1, -0.05) is 36.0 Å². The van der Waals surface area contributed by atoms with Gasteiger partial charge in [-0.3, -0.25) is 4.79 Å². The van der Waals surface area contributed by atoms with Crippen LogP contribution in [0, 0.1) is 0 Å². The molecule has 19 heavy (non-hydrogen) atoms. The number of carbonyl (C=O) groups is 1. The summed E-state index contributed by atoms with van der Waals surface area (Å²) in [6.07, 6.45) is 4.59. The Labute approximate surface area is 122 Å². The lowest BCUT2D eigenvalue weighted by molar-refractivity contribution is -0.122. The molecule has 0 aliphatic heterocycles. The number of rotatable bonds is 4. The molecule has 1 fully saturated rings. The molecule has 1 aliphatic rings. The van der Waals surface area contributed by atoms with Crippen molar-refractivity contribution in [1.82, 2.24) is 0 Å². The van der Waals surface area contributed by atoms with Gasteiger partial charge in [-0.15, -0.1) is 0 Å². The van der Waals surface area contributed by atoms with Gasteiger partial charge in [0.2, 0.25) is 5.91 Å². The summed E-state index contributed by atoms with van der Waals surface area (Å²) in [5, 5.41) is 3.40. The highest BCUT2D eigenvalue weighted by atomic mass is 35.5. The lowest BCUT2D eigenvalue weighted by Crippen LogP contribution is -2.22. The molecule has 1 aromatic carbocycles. The fourth-order valence-corrected chi connectivity index (χ4v) is 2.71. The number of ether oxygens (including phenoxy) is 1. The monoisotopic (exact) mass is 302 g/mol. The Morgan fingerprint density at radius 3 is 2.68 bits per heavy atom. The smallest absolute Gasteiger partial charge is 0.250 e. The van der Waals surface area contributed by atoms with E-state index in [1.54, 1.807) is 6.07 Å². The van der Waals surface area contributed by atoms with Crippen LogP contribution in [0.15, 0.2) is 12.1 Å². The summed E-state index contributed by atoms with van der Waals surface area (Å²) in [4.78, 5) is 11.8. The quantitative estimate of drug-likeness (QED) is 0.837. The summed E-state index contributed by atoms with van der Waals surface area (Å²) in [6.45, 7) is 0.0169. The number of nitrogen functional groups attached to an aromatic ring is 1. The molecule has 0 heterocycles. The van der Waals surface area contributed by atoms with Crippen molar-refractivity contribution < 1.29 is 9.53 Å². The molecule has 104 valence electrons. The minimum Gasteiger partial charge on any atom is -0.397 e. The molecule has 6 heteroatoms. The number of halogens is 2. The Kier molecular flexibility index (Phi) is 4.91. The van der Waals surface area contributed by atoms with Crippen LogP contribution in [0.5, 0.6) is 0 Å². The summed E-state index contributed by atoms with van der Waals surface area (Å²) < 4.78 is 5.52. The molecule has 0 bridgehead atoms. The second-order valence-corrected chi connectivity index (χ2v) is 5.46. The van der Waals surface area contributed by atoms with Crippen molar-refractivity contribution in [3.8, 4) is 0 Å². The van der Waals surface area contributed by atoms with Crippen LogP contribution >= 0.6 is 23.2 Å². The van der Waals surface area contributed by atoms with Crippen molar-refractivity contribution >= 4 is 40.5 Å². The van der Waals surface area contributed by atoms with Crippen LogP contribution in [-0.4, -0.2) is 18.6 Å². The van der Waals surface area contributed by atoms with E-state index < -0.39 is 0 Å². The molecule has 0 saturated heterocycles. The van der Waals surface area contributed by atoms with Gasteiger partial charge in [0.05, 0.1) is 22.5 Å². The lowest BCUT2D eigenvalue weighted by atomic mass is 10.2. The highest BCUT2D eigenvalue weighted by molar-refractivity contribution is 6.37. The molecule has 0 spiro atoms. The third-order valence-electron chi connectivity index (χ3n) is 3.10. The van der Waals surface area contributed by atoms with E-state index in [9.17, 15) is 4.79 Å². The second kappa shape index (κ2) is 6.46. The molecule has 3 N–H and O–H groups in total. The van der Waals surface area contributed by atoms with E-state index in [4.69, 9.17) is 33.7 Å². The highest BCUT2D eigenvalue weighted by Crippen LogP contribution is 2.32. The summed E-state index contributed by atoms with van der Waals surface area (Å²) in [7, 11) is 0. The number of amides is 1. The summed E-state index contributed by atoms with van der Waals surface area (Å²) in [5.74, 6) is -0.261. The van der Waals surface area contributed by atoms with Crippen molar-refractivity contribution in [3.63, 3.8) is 0 Å². The average Bonchev–Trinajstić information content (AvgIpc) is 2.84. The zero-order valence-corrected chi connectivity index (χ0v) is 11.9. The van der Waals surface area contributed by atoms with Gasteiger partial charge in [0.1, 0.15) is 6.61 Å². The number of anilines is 2. The van der Waals surface area contributed by atoms with Crippen molar-refractivity contribution in [3.05, 3.63) is 22.2 Å². The number of benzene rings is 1. The fourth-order valence-electron chi connectivity index (χ4n) is 2.15. The van der Waals surface area contributed by atoms with E-state index in [-0.39, 0.29) is 18.6 Å². The van der Waals surface area contributed by atoms with Gasteiger partial charge in [0.25, 0.3) is 0 Å². The van der Waals surface area contributed by atoms with E-state index >= 15 is 0 Å². The van der Waals surface area contributed by atoms with Crippen LogP contribution in [0.1, 0.15) is 25.7 Å². The molecule has 1 saturated carbocycles. The van der Waals surface area contributed by atoms with Gasteiger partial charge in [0, 0.05) is 5.02 Å². The molecule has 2 rings (SSSR count). The maximum atomic E-state index is 11.8. The SMILES string of the molecule is Nc1cc(Cl)cc(Cl)c1NC(=O)COC1CCCC1. The Bertz CT molecular complexity index is 451. The normalized spacial score (nSPS) is 15.7. The highest BCUT2D eigenvalue weighted by Gasteiger charge is 2.17. The number of hydrogen-bond donors (Lipinski definition) is 2. The van der Waals surface area contributed by atoms with E-state index in [0.717, 1.165) is 12.8 Å². The molecule has 0 radical (unpaired) electrons. The standard InChI is InChI=1S/C13H16Cl2N2O2/c14-8-5-10(15)13(11(16)6-8)17-12(18)7-19-9-3-1-2-4-9/h5-6,9H,1-4,7,16H2,(H,17,18). The van der Waals surface area contributed by atoms with Gasteiger partial charge in [0.15, 0.2) is 0 Å². The summed E-state index contributed by atoms with van der Waals surface area (Å²) in [6, 6.07) is 3.08. The van der Waals surface area contributed by atoms with Gasteiger partial charge < -0.3 is 15.8 Å². The van der Waals surface area contributed by atoms with Crippen LogP contribution in [0.3, 0.4) is 0 Å². The third-order valence-corrected chi connectivity index (χ3v) is 3.62. The van der Waals surface area contributed by atoms with Crippen LogP contribution in [0.4, 0.5) is 11.4 Å². The van der Waals surface area contributed by atoms with E-state index in [1.165, 1.54) is 18.9 Å². The average molecular weight is 303 g/mol. The largest absolute Gasteiger partial charge is 0.397 e. The first kappa shape index (κ1) is 14.4. The summed E-state index contributed by atoms with van der Waals surface area (Å²) >= 11 is 11.8. The molecule has 4 nitrogen and oxygen atoms in total. The minimum absolute atomic E-state index is 0.0169. The first-order valence-corrected chi connectivity index (χ1v) is 6.98. The fraction of sp³-hybridized carbons (Fsp3) is 0.462. The van der Waals surface area contributed by atoms with E-state index in [1.807, 2.05) is 0 Å². The lowest BCUT2D eigenvalue weighted by Gasteiger charge is -2.13. The van der Waals surface area contributed by atoms with E-state index in [2.05, 4.69) is 5.32 Å². The van der Waals surface area contributed by atoms with Crippen molar-refractivity contribution in [2.45, 2.75) is 31.8 Å². The summed E-state index contributed by atoms with van der Waals surface area (Å²) in [5.41, 5.74) is 6.48. The maximum absolute atomic E-state index is 11.8. The van der Waals surface area contributed by atoms with E-state index in [0.29, 0.717) is 21.4 Å². The topological polar surface area (TPSA) is 64.3 Å². The molecule has 0 atom stereocenters. The number of hydrogen-bond acceptors (Lipinski definition) is 3. The van der Waals surface area contributed by atoms with Crippen LogP contribution < -0.4 is 11.1 Å². The number of nitrogens with two attached hydrogens (primary N) is 1. The van der Waals surface area contributed by atoms with Crippen molar-refractivity contribution in [1.29, 1.82) is 0 Å². The van der Waals surface area contributed by atoms with Gasteiger partial charge in [-0.2, -0.15) is 0 Å². The molecular formula is C13H16Cl2N2O2. The Hall–Kier alpha value is -0.970. The minimum atomic E-state index is -0.261. The van der Waals surface area contributed by atoms with Gasteiger partial charge in [-0.05, 0) is 25.0 Å².